The van der Waals surface area contributed by atoms with Gasteiger partial charge in [0.1, 0.15) is 0 Å². The molecule has 0 saturated carbocycles. The van der Waals surface area contributed by atoms with E-state index in [2.05, 4.69) is 21.2 Å². The second-order valence-electron chi connectivity index (χ2n) is 4.15. The maximum atomic E-state index is 11.8. The molecule has 0 aromatic heterocycles. The lowest BCUT2D eigenvalue weighted by molar-refractivity contribution is 0.0943. The molecule has 0 spiro atoms. The molecule has 1 amide bonds. The topological polar surface area (TPSA) is 63.2 Å². The molecule has 100 valence electrons. The van der Waals surface area contributed by atoms with Crippen LogP contribution in [-0.2, 0) is 9.05 Å². The molecule has 1 rings (SSSR count). The predicted octanol–water partition coefficient (Wildman–Crippen LogP) is 2.82. The van der Waals surface area contributed by atoms with Crippen LogP contribution in [0.25, 0.3) is 0 Å². The highest BCUT2D eigenvalue weighted by atomic mass is 79.9. The summed E-state index contributed by atoms with van der Waals surface area (Å²) in [6.45, 7) is 5.25. The third kappa shape index (κ3) is 3.70. The van der Waals surface area contributed by atoms with Gasteiger partial charge >= 0.3 is 0 Å². The first-order valence-corrected chi connectivity index (χ1v) is 8.29. The van der Waals surface area contributed by atoms with E-state index >= 15 is 0 Å². The molecule has 0 bridgehead atoms. The van der Waals surface area contributed by atoms with E-state index < -0.39 is 9.05 Å². The highest BCUT2D eigenvalue weighted by Gasteiger charge is 2.19. The Balaban J connectivity index is 3.34. The van der Waals surface area contributed by atoms with Crippen LogP contribution in [0.1, 0.15) is 29.8 Å². The average Bonchev–Trinajstić information content (AvgIpc) is 2.18. The number of carbonyl (C=O) groups is 1. The summed E-state index contributed by atoms with van der Waals surface area (Å²) in [5.74, 6) is -0.340. The SMILES string of the molecule is Cc1c(Br)cc(C(=O)NC(C)C)cc1S(=O)(=O)Cl. The Labute approximate surface area is 119 Å². The van der Waals surface area contributed by atoms with Crippen molar-refractivity contribution >= 4 is 41.6 Å². The molecule has 7 heteroatoms. The van der Waals surface area contributed by atoms with Crippen molar-refractivity contribution in [3.8, 4) is 0 Å². The molecule has 0 unspecified atom stereocenters. The van der Waals surface area contributed by atoms with Gasteiger partial charge in [0.15, 0.2) is 0 Å². The van der Waals surface area contributed by atoms with Gasteiger partial charge in [-0.05, 0) is 38.5 Å². The summed E-state index contributed by atoms with van der Waals surface area (Å²) in [5.41, 5.74) is 0.728. The van der Waals surface area contributed by atoms with Crippen molar-refractivity contribution in [3.05, 3.63) is 27.7 Å². The van der Waals surface area contributed by atoms with Crippen LogP contribution in [0.5, 0.6) is 0 Å². The van der Waals surface area contributed by atoms with Crippen molar-refractivity contribution < 1.29 is 13.2 Å². The van der Waals surface area contributed by atoms with E-state index in [1.54, 1.807) is 13.0 Å². The maximum Gasteiger partial charge on any atom is 0.261 e. The molecule has 0 radical (unpaired) electrons. The second kappa shape index (κ2) is 5.59. The fourth-order valence-corrected chi connectivity index (χ4v) is 3.20. The Bertz CT molecular complexity index is 584. The molecule has 0 aliphatic heterocycles. The predicted molar refractivity (Wildman–Crippen MR) is 74.5 cm³/mol. The highest BCUT2D eigenvalue weighted by molar-refractivity contribution is 9.10. The summed E-state index contributed by atoms with van der Waals surface area (Å²) in [6, 6.07) is 2.81. The van der Waals surface area contributed by atoms with Crippen LogP contribution in [0.15, 0.2) is 21.5 Å². The first kappa shape index (κ1) is 15.5. The molecule has 0 aliphatic carbocycles. The minimum atomic E-state index is -3.88. The Morgan fingerprint density at radius 2 is 1.94 bits per heavy atom. The molecule has 1 aromatic carbocycles. The van der Waals surface area contributed by atoms with E-state index in [4.69, 9.17) is 10.7 Å². The van der Waals surface area contributed by atoms with Crippen molar-refractivity contribution in [1.82, 2.24) is 5.32 Å². The van der Waals surface area contributed by atoms with Gasteiger partial charge in [0.2, 0.25) is 0 Å². The summed E-state index contributed by atoms with van der Waals surface area (Å²) in [6.07, 6.45) is 0. The van der Waals surface area contributed by atoms with Crippen LogP contribution < -0.4 is 5.32 Å². The average molecular weight is 355 g/mol. The van der Waals surface area contributed by atoms with Crippen molar-refractivity contribution in [2.45, 2.75) is 31.7 Å². The normalized spacial score (nSPS) is 11.7. The van der Waals surface area contributed by atoms with Crippen molar-refractivity contribution in [3.63, 3.8) is 0 Å². The highest BCUT2D eigenvalue weighted by Crippen LogP contribution is 2.28. The minimum Gasteiger partial charge on any atom is -0.350 e. The fraction of sp³-hybridized carbons (Fsp3) is 0.364. The lowest BCUT2D eigenvalue weighted by Crippen LogP contribution is -2.30. The van der Waals surface area contributed by atoms with Gasteiger partial charge in [0.05, 0.1) is 4.90 Å². The Kier molecular flexibility index (Phi) is 4.80. The molecule has 1 N–H and O–H groups in total. The molecule has 1 aromatic rings. The lowest BCUT2D eigenvalue weighted by Gasteiger charge is -2.11. The van der Waals surface area contributed by atoms with E-state index in [0.29, 0.717) is 10.0 Å². The molecule has 18 heavy (non-hydrogen) atoms. The number of carbonyl (C=O) groups excluding carboxylic acids is 1. The first-order chi connectivity index (χ1) is 8.12. The molecule has 0 atom stereocenters. The largest absolute Gasteiger partial charge is 0.350 e. The van der Waals surface area contributed by atoms with Gasteiger partial charge in [0.25, 0.3) is 15.0 Å². The number of benzene rings is 1. The standard InChI is InChI=1S/C11H13BrClNO3S/c1-6(2)14-11(15)8-4-9(12)7(3)10(5-8)18(13,16)17/h4-6H,1-3H3,(H,14,15). The van der Waals surface area contributed by atoms with E-state index in [9.17, 15) is 13.2 Å². The molecule has 0 aliphatic rings. The zero-order valence-corrected chi connectivity index (χ0v) is 13.3. The number of halogens is 2. The van der Waals surface area contributed by atoms with Gasteiger partial charge in [-0.25, -0.2) is 8.42 Å². The third-order valence-electron chi connectivity index (χ3n) is 2.24. The Hall–Kier alpha value is -0.590. The van der Waals surface area contributed by atoms with Gasteiger partial charge in [-0.2, -0.15) is 0 Å². The van der Waals surface area contributed by atoms with Crippen LogP contribution in [0.2, 0.25) is 0 Å². The van der Waals surface area contributed by atoms with E-state index in [-0.39, 0.29) is 22.4 Å². The summed E-state index contributed by atoms with van der Waals surface area (Å²) in [5, 5.41) is 2.69. The van der Waals surface area contributed by atoms with E-state index in [1.807, 2.05) is 13.8 Å². The maximum absolute atomic E-state index is 11.8. The first-order valence-electron chi connectivity index (χ1n) is 5.18. The number of hydrogen-bond acceptors (Lipinski definition) is 3. The number of rotatable bonds is 3. The van der Waals surface area contributed by atoms with Gasteiger partial charge in [-0.3, -0.25) is 4.79 Å². The van der Waals surface area contributed by atoms with Crippen molar-refractivity contribution in [2.24, 2.45) is 0 Å². The molecule has 0 saturated heterocycles. The summed E-state index contributed by atoms with van der Waals surface area (Å²) < 4.78 is 23.4. The van der Waals surface area contributed by atoms with Gasteiger partial charge < -0.3 is 5.32 Å². The van der Waals surface area contributed by atoms with Crippen LogP contribution in [-0.4, -0.2) is 20.4 Å². The van der Waals surface area contributed by atoms with Crippen molar-refractivity contribution in [1.29, 1.82) is 0 Å². The smallest absolute Gasteiger partial charge is 0.261 e. The lowest BCUT2D eigenvalue weighted by atomic mass is 10.1. The summed E-state index contributed by atoms with van der Waals surface area (Å²) in [7, 11) is 1.46. The van der Waals surface area contributed by atoms with Gasteiger partial charge in [0, 0.05) is 26.8 Å². The summed E-state index contributed by atoms with van der Waals surface area (Å²) >= 11 is 3.22. The molecular weight excluding hydrogens is 342 g/mol. The van der Waals surface area contributed by atoms with Gasteiger partial charge in [-0.1, -0.05) is 15.9 Å². The fourth-order valence-electron chi connectivity index (χ4n) is 1.38. The van der Waals surface area contributed by atoms with Crippen LogP contribution >= 0.6 is 26.6 Å². The molecular formula is C11H13BrClNO3S. The van der Waals surface area contributed by atoms with Crippen LogP contribution in [0, 0.1) is 6.92 Å². The second-order valence-corrected chi connectivity index (χ2v) is 7.54. The third-order valence-corrected chi connectivity index (χ3v) is 4.51. The van der Waals surface area contributed by atoms with E-state index in [1.165, 1.54) is 6.07 Å². The molecule has 0 fully saturated rings. The number of amides is 1. The molecule has 4 nitrogen and oxygen atoms in total. The quantitative estimate of drug-likeness (QED) is 0.849. The van der Waals surface area contributed by atoms with Crippen LogP contribution in [0.4, 0.5) is 0 Å². The number of nitrogens with one attached hydrogen (secondary N) is 1. The van der Waals surface area contributed by atoms with E-state index in [0.717, 1.165) is 0 Å². The zero-order chi connectivity index (χ0) is 14.1. The Morgan fingerprint density at radius 3 is 2.39 bits per heavy atom. The molecule has 0 heterocycles. The minimum absolute atomic E-state index is 0.0337. The zero-order valence-electron chi connectivity index (χ0n) is 10.1. The number of hydrogen-bond donors (Lipinski definition) is 1. The van der Waals surface area contributed by atoms with Crippen LogP contribution in [0.3, 0.4) is 0 Å². The van der Waals surface area contributed by atoms with Gasteiger partial charge in [-0.15, -0.1) is 0 Å². The van der Waals surface area contributed by atoms with Crippen molar-refractivity contribution in [2.75, 3.05) is 0 Å². The summed E-state index contributed by atoms with van der Waals surface area (Å²) in [4.78, 5) is 11.8. The monoisotopic (exact) mass is 353 g/mol. The Morgan fingerprint density at radius 1 is 1.39 bits per heavy atom.